The summed E-state index contributed by atoms with van der Waals surface area (Å²) in [5.74, 6) is -3.73. The molecule has 32 heavy (non-hydrogen) atoms. The molecule has 0 spiro atoms. The van der Waals surface area contributed by atoms with Gasteiger partial charge in [0, 0.05) is 24.0 Å². The highest BCUT2D eigenvalue weighted by atomic mass is 19.3. The van der Waals surface area contributed by atoms with Crippen LogP contribution >= 0.6 is 0 Å². The normalized spacial score (nSPS) is 15.7. The topological polar surface area (TPSA) is 72.5 Å². The van der Waals surface area contributed by atoms with Gasteiger partial charge in [0.05, 0.1) is 23.5 Å². The Morgan fingerprint density at radius 1 is 0.906 bits per heavy atom. The van der Waals surface area contributed by atoms with Gasteiger partial charge in [-0.2, -0.15) is 17.6 Å². The first-order valence-electron chi connectivity index (χ1n) is 9.18. The first kappa shape index (κ1) is 21.3. The van der Waals surface area contributed by atoms with Crippen molar-refractivity contribution in [3.63, 3.8) is 0 Å². The van der Waals surface area contributed by atoms with E-state index in [-0.39, 0.29) is 5.56 Å². The molecule has 0 aliphatic carbocycles. The fourth-order valence-corrected chi connectivity index (χ4v) is 2.90. The summed E-state index contributed by atoms with van der Waals surface area (Å²) in [5, 5.41) is 5.26. The number of benzene rings is 2. The van der Waals surface area contributed by atoms with E-state index in [9.17, 15) is 26.7 Å². The molecule has 6 nitrogen and oxygen atoms in total. The second-order valence-electron chi connectivity index (χ2n) is 6.69. The number of carbonyl (C=O) groups excluding carboxylic acids is 1. The fraction of sp³-hybridized carbons (Fsp3) is 0.143. The van der Waals surface area contributed by atoms with Gasteiger partial charge in [-0.25, -0.2) is 4.39 Å². The minimum Gasteiger partial charge on any atom is -0.421 e. The van der Waals surface area contributed by atoms with Crippen molar-refractivity contribution in [2.24, 2.45) is 0 Å². The molecule has 2 N–H and O–H groups in total. The monoisotopic (exact) mass is 451 g/mol. The van der Waals surface area contributed by atoms with Crippen LogP contribution in [-0.4, -0.2) is 23.1 Å². The Kier molecular flexibility index (Phi) is 5.33. The van der Waals surface area contributed by atoms with Crippen LogP contribution in [0.5, 0.6) is 11.5 Å². The summed E-state index contributed by atoms with van der Waals surface area (Å²) in [6, 6.07) is 12.7. The summed E-state index contributed by atoms with van der Waals surface area (Å²) in [6.45, 7) is 0.298. The third-order valence-electron chi connectivity index (χ3n) is 4.45. The maximum absolute atomic E-state index is 14.4. The summed E-state index contributed by atoms with van der Waals surface area (Å²) in [4.78, 5) is 16.9. The van der Waals surface area contributed by atoms with Gasteiger partial charge in [0.15, 0.2) is 17.3 Å². The number of para-hydroxylation sites is 1. The molecule has 2 aromatic carbocycles. The zero-order valence-corrected chi connectivity index (χ0v) is 16.0. The van der Waals surface area contributed by atoms with Crippen molar-refractivity contribution < 1.29 is 36.2 Å². The molecule has 1 aromatic heterocycles. The van der Waals surface area contributed by atoms with Crippen molar-refractivity contribution in [2.45, 2.75) is 18.8 Å². The van der Waals surface area contributed by atoms with Gasteiger partial charge in [0.25, 0.3) is 5.91 Å². The summed E-state index contributed by atoms with van der Waals surface area (Å²) in [6.07, 6.45) is -8.34. The number of nitrogens with one attached hydrogen (secondary N) is 2. The van der Waals surface area contributed by atoms with E-state index in [1.54, 1.807) is 42.6 Å². The first-order chi connectivity index (χ1) is 15.2. The lowest BCUT2D eigenvalue weighted by Crippen LogP contribution is -2.52. The van der Waals surface area contributed by atoms with Crippen LogP contribution in [0, 0.1) is 5.82 Å². The van der Waals surface area contributed by atoms with E-state index in [2.05, 4.69) is 25.1 Å². The number of nitrogens with zero attached hydrogens (tertiary/aromatic N) is 1. The molecule has 0 unspecified atom stereocenters. The number of anilines is 2. The highest BCUT2D eigenvalue weighted by Gasteiger charge is 2.66. The SMILES string of the molecule is O=C(Nc1cc2c(cc1F)OC(F)(F)C(F)(F)O2)c1ccccc1NCc1ccccn1. The summed E-state index contributed by atoms with van der Waals surface area (Å²) < 4.78 is 75.6. The van der Waals surface area contributed by atoms with Crippen LogP contribution in [0.2, 0.25) is 0 Å². The number of hydrogen-bond donors (Lipinski definition) is 2. The van der Waals surface area contributed by atoms with E-state index in [1.807, 2.05) is 0 Å². The number of ether oxygens (including phenoxy) is 2. The second-order valence-corrected chi connectivity index (χ2v) is 6.69. The predicted molar refractivity (Wildman–Crippen MR) is 104 cm³/mol. The molecule has 0 atom stereocenters. The summed E-state index contributed by atoms with van der Waals surface area (Å²) >= 11 is 0. The third kappa shape index (κ3) is 4.13. The van der Waals surface area contributed by atoms with Crippen molar-refractivity contribution in [3.8, 4) is 11.5 Å². The molecule has 0 radical (unpaired) electrons. The van der Waals surface area contributed by atoms with Crippen LogP contribution in [0.4, 0.5) is 33.3 Å². The quantitative estimate of drug-likeness (QED) is 0.532. The standard InChI is InChI=1S/C21H14F5N3O3/c22-14-9-17-18(32-21(25,26)20(23,24)31-17)10-16(14)29-19(30)13-6-1-2-7-15(13)28-11-12-5-3-4-8-27-12/h1-10,28H,11H2,(H,29,30). The Morgan fingerprint density at radius 3 is 2.25 bits per heavy atom. The van der Waals surface area contributed by atoms with Gasteiger partial charge in [0.2, 0.25) is 0 Å². The molecule has 1 aliphatic rings. The van der Waals surface area contributed by atoms with Gasteiger partial charge in [0.1, 0.15) is 0 Å². The average molecular weight is 451 g/mol. The van der Waals surface area contributed by atoms with E-state index in [0.717, 1.165) is 0 Å². The minimum atomic E-state index is -4.98. The summed E-state index contributed by atoms with van der Waals surface area (Å²) in [5.41, 5.74) is 0.672. The molecule has 2 heterocycles. The number of pyridine rings is 1. The molecule has 4 rings (SSSR count). The van der Waals surface area contributed by atoms with Crippen LogP contribution in [0.25, 0.3) is 0 Å². The van der Waals surface area contributed by atoms with Crippen LogP contribution in [0.3, 0.4) is 0 Å². The average Bonchev–Trinajstić information content (AvgIpc) is 2.75. The Bertz CT molecular complexity index is 1160. The Morgan fingerprint density at radius 2 is 1.56 bits per heavy atom. The van der Waals surface area contributed by atoms with Crippen LogP contribution in [0.1, 0.15) is 16.1 Å². The van der Waals surface area contributed by atoms with Gasteiger partial charge in [-0.15, -0.1) is 0 Å². The molecule has 1 aliphatic heterocycles. The van der Waals surface area contributed by atoms with Crippen LogP contribution in [-0.2, 0) is 6.54 Å². The number of fused-ring (bicyclic) bond motifs is 1. The van der Waals surface area contributed by atoms with Crippen molar-refractivity contribution in [2.75, 3.05) is 10.6 Å². The van der Waals surface area contributed by atoms with Crippen LogP contribution < -0.4 is 20.1 Å². The number of hydrogen-bond acceptors (Lipinski definition) is 5. The van der Waals surface area contributed by atoms with Gasteiger partial charge in [-0.05, 0) is 24.3 Å². The van der Waals surface area contributed by atoms with E-state index < -0.39 is 41.1 Å². The number of amides is 1. The lowest BCUT2D eigenvalue weighted by Gasteiger charge is -2.32. The lowest BCUT2D eigenvalue weighted by molar-refractivity contribution is -0.391. The number of alkyl halides is 4. The molecule has 0 bridgehead atoms. The van der Waals surface area contributed by atoms with Gasteiger partial charge >= 0.3 is 12.2 Å². The minimum absolute atomic E-state index is 0.120. The first-order valence-corrected chi connectivity index (χ1v) is 9.18. The molecule has 0 saturated heterocycles. The number of rotatable bonds is 5. The number of halogens is 5. The van der Waals surface area contributed by atoms with Crippen molar-refractivity contribution in [1.29, 1.82) is 0 Å². The molecular weight excluding hydrogens is 437 g/mol. The molecule has 0 saturated carbocycles. The van der Waals surface area contributed by atoms with Crippen LogP contribution in [0.15, 0.2) is 60.8 Å². The molecule has 166 valence electrons. The predicted octanol–water partition coefficient (Wildman–Crippen LogP) is 5.04. The molecular formula is C21H14F5N3O3. The van der Waals surface area contributed by atoms with E-state index in [4.69, 9.17) is 0 Å². The Balaban J connectivity index is 1.55. The molecule has 3 aromatic rings. The highest BCUT2D eigenvalue weighted by Crippen LogP contribution is 2.48. The molecule has 1 amide bonds. The van der Waals surface area contributed by atoms with E-state index in [1.165, 1.54) is 6.07 Å². The van der Waals surface area contributed by atoms with E-state index >= 15 is 0 Å². The zero-order valence-electron chi connectivity index (χ0n) is 16.0. The van der Waals surface area contributed by atoms with Crippen molar-refractivity contribution >= 4 is 17.3 Å². The van der Waals surface area contributed by atoms with Crippen molar-refractivity contribution in [1.82, 2.24) is 4.98 Å². The molecule has 0 fully saturated rings. The zero-order chi connectivity index (χ0) is 22.9. The molecule has 11 heteroatoms. The highest BCUT2D eigenvalue weighted by molar-refractivity contribution is 6.08. The van der Waals surface area contributed by atoms with Crippen molar-refractivity contribution in [3.05, 3.63) is 77.9 Å². The van der Waals surface area contributed by atoms with Gasteiger partial charge in [-0.1, -0.05) is 18.2 Å². The maximum Gasteiger partial charge on any atom is 0.507 e. The Hall–Kier alpha value is -3.89. The third-order valence-corrected chi connectivity index (χ3v) is 4.45. The number of carbonyl (C=O) groups is 1. The van der Waals surface area contributed by atoms with E-state index in [0.29, 0.717) is 30.1 Å². The largest absolute Gasteiger partial charge is 0.507 e. The van der Waals surface area contributed by atoms with Gasteiger partial charge in [-0.3, -0.25) is 9.78 Å². The van der Waals surface area contributed by atoms with Gasteiger partial charge < -0.3 is 20.1 Å². The summed E-state index contributed by atoms with van der Waals surface area (Å²) in [7, 11) is 0. The number of aromatic nitrogens is 1. The second kappa shape index (κ2) is 7.98. The lowest BCUT2D eigenvalue weighted by atomic mass is 10.1. The maximum atomic E-state index is 14.4. The fourth-order valence-electron chi connectivity index (χ4n) is 2.90. The smallest absolute Gasteiger partial charge is 0.421 e. The Labute approximate surface area is 178 Å².